The second kappa shape index (κ2) is 8.58. The number of ketones is 1. The number of hydrogen-bond donors (Lipinski definition) is 2. The summed E-state index contributed by atoms with van der Waals surface area (Å²) >= 11 is 0. The quantitative estimate of drug-likeness (QED) is 0.754. The minimum Gasteiger partial charge on any atom is -0.313 e. The van der Waals surface area contributed by atoms with E-state index in [9.17, 15) is 13.2 Å². The summed E-state index contributed by atoms with van der Waals surface area (Å²) in [6, 6.07) is 15.2. The average Bonchev–Trinajstić information content (AvgIpc) is 3.14. The average molecular weight is 381 g/mol. The van der Waals surface area contributed by atoms with E-state index in [4.69, 9.17) is 0 Å². The Bertz CT molecular complexity index is 819. The Morgan fingerprint density at radius 3 is 2.44 bits per heavy atom. The second-order valence-electron chi connectivity index (χ2n) is 5.84. The molecule has 2 aromatic rings. The van der Waals surface area contributed by atoms with Crippen molar-refractivity contribution in [3.63, 3.8) is 0 Å². The first-order valence-corrected chi connectivity index (χ1v) is 9.48. The number of halogens is 1. The number of nitrogens with one attached hydrogen (secondary N) is 2. The van der Waals surface area contributed by atoms with Crippen molar-refractivity contribution in [1.82, 2.24) is 10.0 Å². The van der Waals surface area contributed by atoms with Crippen LogP contribution in [0.3, 0.4) is 0 Å². The van der Waals surface area contributed by atoms with Gasteiger partial charge in [-0.3, -0.25) is 4.79 Å². The molecule has 0 saturated carbocycles. The first-order valence-electron chi connectivity index (χ1n) is 8.00. The van der Waals surface area contributed by atoms with E-state index in [0.717, 1.165) is 19.4 Å². The van der Waals surface area contributed by atoms with Gasteiger partial charge < -0.3 is 5.32 Å². The number of benzene rings is 2. The number of rotatable bonds is 6. The zero-order valence-corrected chi connectivity index (χ0v) is 15.3. The third kappa shape index (κ3) is 4.67. The Morgan fingerprint density at radius 2 is 1.76 bits per heavy atom. The van der Waals surface area contributed by atoms with Gasteiger partial charge in [-0.2, -0.15) is 0 Å². The van der Waals surface area contributed by atoms with Crippen molar-refractivity contribution in [3.05, 3.63) is 65.7 Å². The van der Waals surface area contributed by atoms with Crippen LogP contribution in [0.1, 0.15) is 28.8 Å². The molecule has 1 atom stereocenters. The zero-order valence-electron chi connectivity index (χ0n) is 13.6. The first-order chi connectivity index (χ1) is 11.6. The summed E-state index contributed by atoms with van der Waals surface area (Å²) in [5.74, 6) is -0.296. The maximum Gasteiger partial charge on any atom is 0.241 e. The fourth-order valence-corrected chi connectivity index (χ4v) is 4.14. The van der Waals surface area contributed by atoms with Crippen LogP contribution in [0, 0.1) is 0 Å². The molecule has 0 spiro atoms. The lowest BCUT2D eigenvalue weighted by Crippen LogP contribution is -2.37. The Morgan fingerprint density at radius 1 is 1.08 bits per heavy atom. The fraction of sp³-hybridized carbons (Fsp3) is 0.278. The number of hydrogen-bond acceptors (Lipinski definition) is 4. The molecule has 1 unspecified atom stereocenters. The molecular formula is C18H21ClN2O3S. The van der Waals surface area contributed by atoms with Crippen LogP contribution < -0.4 is 10.0 Å². The second-order valence-corrected chi connectivity index (χ2v) is 7.57. The molecule has 3 rings (SSSR count). The highest BCUT2D eigenvalue weighted by Gasteiger charge is 2.24. The number of carbonyl (C=O) groups is 1. The lowest BCUT2D eigenvalue weighted by molar-refractivity contribution is 0.103. The van der Waals surface area contributed by atoms with Crippen LogP contribution in [-0.2, 0) is 10.0 Å². The highest BCUT2D eigenvalue weighted by Crippen LogP contribution is 2.19. The van der Waals surface area contributed by atoms with Crippen molar-refractivity contribution in [2.75, 3.05) is 13.1 Å². The van der Waals surface area contributed by atoms with Crippen LogP contribution in [0.25, 0.3) is 0 Å². The van der Waals surface area contributed by atoms with E-state index >= 15 is 0 Å². The summed E-state index contributed by atoms with van der Waals surface area (Å²) in [6.07, 6.45) is 2.00. The van der Waals surface area contributed by atoms with E-state index in [1.165, 1.54) is 6.07 Å². The minimum atomic E-state index is -3.74. The Balaban J connectivity index is 0.00000225. The summed E-state index contributed by atoms with van der Waals surface area (Å²) in [7, 11) is -3.74. The van der Waals surface area contributed by atoms with Crippen molar-refractivity contribution < 1.29 is 13.2 Å². The van der Waals surface area contributed by atoms with Crippen molar-refractivity contribution in [2.24, 2.45) is 0 Å². The molecule has 1 aliphatic heterocycles. The molecule has 1 aliphatic rings. The summed E-state index contributed by atoms with van der Waals surface area (Å²) in [4.78, 5) is 12.7. The van der Waals surface area contributed by atoms with Gasteiger partial charge >= 0.3 is 0 Å². The summed E-state index contributed by atoms with van der Waals surface area (Å²) < 4.78 is 27.9. The van der Waals surface area contributed by atoms with Crippen molar-refractivity contribution in [3.8, 4) is 0 Å². The summed E-state index contributed by atoms with van der Waals surface area (Å²) in [6.45, 7) is 1.24. The Labute approximate surface area is 154 Å². The lowest BCUT2D eigenvalue weighted by Gasteiger charge is -2.14. The zero-order chi connectivity index (χ0) is 17.0. The van der Waals surface area contributed by atoms with Crippen LogP contribution in [0.15, 0.2) is 59.5 Å². The molecule has 0 aliphatic carbocycles. The molecule has 0 amide bonds. The maximum absolute atomic E-state index is 12.7. The standard InChI is InChI=1S/C18H20N2O3S.ClH/c21-18(14-7-2-1-3-8-14)16-10-4-5-11-17(16)24(22,23)20-13-15-9-6-12-19-15;/h1-5,7-8,10-11,15,19-20H,6,9,12-13H2;1H. The molecule has 1 saturated heterocycles. The molecule has 2 N–H and O–H groups in total. The van der Waals surface area contributed by atoms with Gasteiger partial charge in [0.05, 0.1) is 4.90 Å². The highest BCUT2D eigenvalue weighted by molar-refractivity contribution is 7.89. The van der Waals surface area contributed by atoms with Gasteiger partial charge in [-0.25, -0.2) is 13.1 Å². The molecule has 25 heavy (non-hydrogen) atoms. The van der Waals surface area contributed by atoms with Gasteiger partial charge in [0.1, 0.15) is 0 Å². The van der Waals surface area contributed by atoms with Crippen molar-refractivity contribution in [2.45, 2.75) is 23.8 Å². The van der Waals surface area contributed by atoms with E-state index in [1.54, 1.807) is 42.5 Å². The van der Waals surface area contributed by atoms with E-state index < -0.39 is 10.0 Å². The van der Waals surface area contributed by atoms with Crippen LogP contribution >= 0.6 is 12.4 Å². The van der Waals surface area contributed by atoms with Gasteiger partial charge in [0.15, 0.2) is 5.78 Å². The molecule has 2 aromatic carbocycles. The van der Waals surface area contributed by atoms with Crippen LogP contribution in [0.4, 0.5) is 0 Å². The molecule has 5 nitrogen and oxygen atoms in total. The molecule has 7 heteroatoms. The predicted molar refractivity (Wildman–Crippen MR) is 99.8 cm³/mol. The van der Waals surface area contributed by atoms with E-state index in [-0.39, 0.29) is 34.7 Å². The van der Waals surface area contributed by atoms with Crippen molar-refractivity contribution in [1.29, 1.82) is 0 Å². The highest BCUT2D eigenvalue weighted by atomic mass is 35.5. The Kier molecular flexibility index (Phi) is 6.72. The maximum atomic E-state index is 12.7. The van der Waals surface area contributed by atoms with E-state index in [2.05, 4.69) is 10.0 Å². The van der Waals surface area contributed by atoms with Gasteiger partial charge in [-0.05, 0) is 31.5 Å². The Hall–Kier alpha value is -1.73. The molecule has 0 aromatic heterocycles. The number of sulfonamides is 1. The monoisotopic (exact) mass is 380 g/mol. The van der Waals surface area contributed by atoms with Gasteiger partial charge in [0, 0.05) is 23.7 Å². The van der Waals surface area contributed by atoms with Gasteiger partial charge in [-0.15, -0.1) is 12.4 Å². The molecule has 134 valence electrons. The molecule has 0 radical (unpaired) electrons. The number of carbonyl (C=O) groups excluding carboxylic acids is 1. The summed E-state index contributed by atoms with van der Waals surface area (Å²) in [5.41, 5.74) is 0.660. The predicted octanol–water partition coefficient (Wildman–Crippen LogP) is 2.37. The van der Waals surface area contributed by atoms with Crippen LogP contribution in [-0.4, -0.2) is 33.3 Å². The topological polar surface area (TPSA) is 75.3 Å². The normalized spacial score (nSPS) is 17.0. The molecule has 1 heterocycles. The largest absolute Gasteiger partial charge is 0.313 e. The van der Waals surface area contributed by atoms with Crippen molar-refractivity contribution >= 4 is 28.2 Å². The van der Waals surface area contributed by atoms with Gasteiger partial charge in [0.25, 0.3) is 0 Å². The summed E-state index contributed by atoms with van der Waals surface area (Å²) in [5, 5.41) is 3.25. The molecule has 0 bridgehead atoms. The third-order valence-electron chi connectivity index (χ3n) is 4.14. The van der Waals surface area contributed by atoms with Gasteiger partial charge in [-0.1, -0.05) is 42.5 Å². The first kappa shape index (κ1) is 19.6. The fourth-order valence-electron chi connectivity index (χ4n) is 2.85. The van der Waals surface area contributed by atoms with E-state index in [0.29, 0.717) is 12.1 Å². The minimum absolute atomic E-state index is 0. The van der Waals surface area contributed by atoms with Crippen LogP contribution in [0.5, 0.6) is 0 Å². The lowest BCUT2D eigenvalue weighted by atomic mass is 10.0. The third-order valence-corrected chi connectivity index (χ3v) is 5.62. The molecular weight excluding hydrogens is 360 g/mol. The SMILES string of the molecule is Cl.O=C(c1ccccc1)c1ccccc1S(=O)(=O)NCC1CCCN1. The molecule has 1 fully saturated rings. The smallest absolute Gasteiger partial charge is 0.241 e. The van der Waals surface area contributed by atoms with Crippen LogP contribution in [0.2, 0.25) is 0 Å². The van der Waals surface area contributed by atoms with E-state index in [1.807, 2.05) is 6.07 Å². The van der Waals surface area contributed by atoms with Gasteiger partial charge in [0.2, 0.25) is 10.0 Å².